The monoisotopic (exact) mass is 244 g/mol. The van der Waals surface area contributed by atoms with Crippen LogP contribution in [-0.2, 0) is 9.47 Å². The van der Waals surface area contributed by atoms with Gasteiger partial charge in [0.2, 0.25) is 5.69 Å². The fourth-order valence-corrected chi connectivity index (χ4v) is 1.21. The van der Waals surface area contributed by atoms with Crippen LogP contribution in [0, 0.1) is 5.82 Å². The largest absolute Gasteiger partial charge is 0.485 e. The smallest absolute Gasteiger partial charge is 0.338 e. The van der Waals surface area contributed by atoms with Crippen LogP contribution in [0.2, 0.25) is 0 Å². The highest BCUT2D eigenvalue weighted by molar-refractivity contribution is 5.90. The van der Waals surface area contributed by atoms with E-state index in [2.05, 4.69) is 10.5 Å². The van der Waals surface area contributed by atoms with Crippen LogP contribution in [0.3, 0.4) is 0 Å². The second-order valence-electron chi connectivity index (χ2n) is 3.27. The lowest BCUT2D eigenvalue weighted by Crippen LogP contribution is -2.42. The van der Waals surface area contributed by atoms with Gasteiger partial charge in [-0.2, -0.15) is 0 Å². The Balaban J connectivity index is 2.94. The number of rotatable bonds is 5. The molecule has 17 heavy (non-hydrogen) atoms. The van der Waals surface area contributed by atoms with Crippen molar-refractivity contribution in [2.24, 2.45) is 0 Å². The summed E-state index contributed by atoms with van der Waals surface area (Å²) in [6.07, 6.45) is 0. The molecule has 3 N–H and O–H groups in total. The van der Waals surface area contributed by atoms with Crippen molar-refractivity contribution < 1.29 is 29.1 Å². The molecule has 1 rings (SSSR count). The normalized spacial score (nSPS) is 10.1. The molecule has 5 nitrogen and oxygen atoms in total. The van der Waals surface area contributed by atoms with E-state index >= 15 is 0 Å². The summed E-state index contributed by atoms with van der Waals surface area (Å²) in [5.74, 6) is -1.02. The van der Waals surface area contributed by atoms with Crippen molar-refractivity contribution in [1.82, 2.24) is 0 Å². The number of esters is 1. The number of hydrogen-bond donors (Lipinski definition) is 1. The van der Waals surface area contributed by atoms with Crippen LogP contribution in [-0.4, -0.2) is 33.4 Å². The summed E-state index contributed by atoms with van der Waals surface area (Å²) in [4.78, 5) is 11.3. The zero-order chi connectivity index (χ0) is 12.8. The van der Waals surface area contributed by atoms with E-state index in [9.17, 15) is 9.18 Å². The standard InChI is InChI=1S/C11H14FNO4/c1-15-3-4-17-9-6-7(11(14)16-2)5-8(12)10(9)13/h5-6H,3-4,13H2,1-2H3/p+1. The summed E-state index contributed by atoms with van der Waals surface area (Å²) in [6.45, 7) is 0.618. The van der Waals surface area contributed by atoms with Gasteiger partial charge in [0, 0.05) is 13.2 Å². The van der Waals surface area contributed by atoms with Crippen LogP contribution in [0.15, 0.2) is 12.1 Å². The summed E-state index contributed by atoms with van der Waals surface area (Å²) in [6, 6.07) is 2.46. The van der Waals surface area contributed by atoms with E-state index in [0.717, 1.165) is 6.07 Å². The molecular weight excluding hydrogens is 229 g/mol. The Morgan fingerprint density at radius 3 is 2.65 bits per heavy atom. The SMILES string of the molecule is COCCOc1cc(C(=O)OC)cc(F)c1[NH3+]. The van der Waals surface area contributed by atoms with E-state index in [1.807, 2.05) is 0 Å². The van der Waals surface area contributed by atoms with Crippen molar-refractivity contribution >= 4 is 11.7 Å². The van der Waals surface area contributed by atoms with Crippen molar-refractivity contribution in [3.8, 4) is 5.75 Å². The zero-order valence-corrected chi connectivity index (χ0v) is 9.79. The highest BCUT2D eigenvalue weighted by Gasteiger charge is 2.16. The molecule has 0 aliphatic heterocycles. The minimum Gasteiger partial charge on any atom is -0.485 e. The Morgan fingerprint density at radius 2 is 2.06 bits per heavy atom. The first-order valence-corrected chi connectivity index (χ1v) is 4.95. The lowest BCUT2D eigenvalue weighted by molar-refractivity contribution is -0.260. The maximum absolute atomic E-state index is 13.5. The molecule has 0 spiro atoms. The average Bonchev–Trinajstić information content (AvgIpc) is 2.33. The first-order valence-electron chi connectivity index (χ1n) is 4.95. The predicted molar refractivity (Wildman–Crippen MR) is 57.7 cm³/mol. The van der Waals surface area contributed by atoms with Crippen LogP contribution < -0.4 is 10.5 Å². The molecule has 0 unspecified atom stereocenters. The molecule has 0 heterocycles. The molecule has 1 aromatic carbocycles. The highest BCUT2D eigenvalue weighted by atomic mass is 19.1. The van der Waals surface area contributed by atoms with Gasteiger partial charge in [0.1, 0.15) is 6.61 Å². The molecule has 0 amide bonds. The summed E-state index contributed by atoms with van der Waals surface area (Å²) in [7, 11) is 2.75. The van der Waals surface area contributed by atoms with Crippen molar-refractivity contribution in [2.45, 2.75) is 0 Å². The molecule has 0 bridgehead atoms. The predicted octanol–water partition coefficient (Wildman–Crippen LogP) is 0.511. The zero-order valence-electron chi connectivity index (χ0n) is 9.79. The summed E-state index contributed by atoms with van der Waals surface area (Å²) >= 11 is 0. The number of hydrogen-bond acceptors (Lipinski definition) is 4. The third-order valence-electron chi connectivity index (χ3n) is 2.12. The second-order valence-corrected chi connectivity index (χ2v) is 3.27. The van der Waals surface area contributed by atoms with Gasteiger partial charge in [-0.05, 0) is 6.07 Å². The fourth-order valence-electron chi connectivity index (χ4n) is 1.21. The van der Waals surface area contributed by atoms with E-state index in [-0.39, 0.29) is 23.6 Å². The molecule has 0 aliphatic rings. The number of halogens is 1. The van der Waals surface area contributed by atoms with E-state index in [0.29, 0.717) is 6.61 Å². The molecule has 0 fully saturated rings. The maximum Gasteiger partial charge on any atom is 0.338 e. The van der Waals surface area contributed by atoms with Gasteiger partial charge in [0.25, 0.3) is 0 Å². The molecule has 94 valence electrons. The molecule has 0 radical (unpaired) electrons. The average molecular weight is 244 g/mol. The third-order valence-corrected chi connectivity index (χ3v) is 2.12. The van der Waals surface area contributed by atoms with Gasteiger partial charge in [-0.15, -0.1) is 0 Å². The van der Waals surface area contributed by atoms with E-state index < -0.39 is 11.8 Å². The van der Waals surface area contributed by atoms with Crippen molar-refractivity contribution in [1.29, 1.82) is 0 Å². The first-order chi connectivity index (χ1) is 8.10. The number of carbonyl (C=O) groups is 1. The van der Waals surface area contributed by atoms with Gasteiger partial charge >= 0.3 is 5.97 Å². The maximum atomic E-state index is 13.5. The van der Waals surface area contributed by atoms with Gasteiger partial charge in [0.05, 0.1) is 19.3 Å². The highest BCUT2D eigenvalue weighted by Crippen LogP contribution is 2.25. The van der Waals surface area contributed by atoms with E-state index in [1.165, 1.54) is 20.3 Å². The summed E-state index contributed by atoms with van der Waals surface area (Å²) < 4.78 is 28.0. The minimum absolute atomic E-state index is 0.0878. The van der Waals surface area contributed by atoms with Crippen LogP contribution in [0.4, 0.5) is 10.1 Å². The van der Waals surface area contributed by atoms with Crippen molar-refractivity contribution in [3.05, 3.63) is 23.5 Å². The number of quaternary nitrogens is 1. The molecule has 0 saturated carbocycles. The van der Waals surface area contributed by atoms with E-state index in [4.69, 9.17) is 9.47 Å². The van der Waals surface area contributed by atoms with Gasteiger partial charge in [-0.3, -0.25) is 0 Å². The fraction of sp³-hybridized carbons (Fsp3) is 0.364. The Morgan fingerprint density at radius 1 is 1.35 bits per heavy atom. The van der Waals surface area contributed by atoms with E-state index in [1.54, 1.807) is 0 Å². The molecule has 0 saturated heterocycles. The van der Waals surface area contributed by atoms with Crippen LogP contribution in [0.25, 0.3) is 0 Å². The Hall–Kier alpha value is -1.66. The van der Waals surface area contributed by atoms with Crippen LogP contribution in [0.5, 0.6) is 5.75 Å². The van der Waals surface area contributed by atoms with Crippen LogP contribution >= 0.6 is 0 Å². The number of carbonyl (C=O) groups excluding carboxylic acids is 1. The van der Waals surface area contributed by atoms with Gasteiger partial charge in [0.15, 0.2) is 11.6 Å². The molecule has 1 aromatic rings. The van der Waals surface area contributed by atoms with Crippen LogP contribution in [0.1, 0.15) is 10.4 Å². The Kier molecular flexibility index (Phi) is 4.86. The first kappa shape index (κ1) is 13.4. The lowest BCUT2D eigenvalue weighted by atomic mass is 10.2. The topological polar surface area (TPSA) is 72.4 Å². The Labute approximate surface area is 98.3 Å². The molecule has 0 atom stereocenters. The summed E-state index contributed by atoms with van der Waals surface area (Å²) in [5, 5.41) is 0. The lowest BCUT2D eigenvalue weighted by Gasteiger charge is -2.08. The third kappa shape index (κ3) is 3.40. The second kappa shape index (κ2) is 6.17. The number of ether oxygens (including phenoxy) is 3. The van der Waals surface area contributed by atoms with Gasteiger partial charge in [-0.1, -0.05) is 0 Å². The molecule has 6 heteroatoms. The van der Waals surface area contributed by atoms with Crippen molar-refractivity contribution in [2.75, 3.05) is 27.4 Å². The summed E-state index contributed by atoms with van der Waals surface area (Å²) in [5.41, 5.74) is 3.73. The number of benzene rings is 1. The van der Waals surface area contributed by atoms with Crippen molar-refractivity contribution in [3.63, 3.8) is 0 Å². The van der Waals surface area contributed by atoms with Gasteiger partial charge in [-0.25, -0.2) is 9.18 Å². The Bertz CT molecular complexity index is 409. The minimum atomic E-state index is -0.625. The quantitative estimate of drug-likeness (QED) is 0.605. The molecule has 0 aromatic heterocycles. The molecule has 0 aliphatic carbocycles. The van der Waals surface area contributed by atoms with Gasteiger partial charge < -0.3 is 19.9 Å². The molecular formula is C11H15FNO4+. The number of methoxy groups -OCH3 is 2.